The Labute approximate surface area is 165 Å². The van der Waals surface area contributed by atoms with Crippen LogP contribution in [-0.2, 0) is 10.2 Å². The maximum absolute atomic E-state index is 13.2. The van der Waals surface area contributed by atoms with Crippen molar-refractivity contribution in [3.63, 3.8) is 0 Å². The van der Waals surface area contributed by atoms with Gasteiger partial charge in [0.15, 0.2) is 5.13 Å². The van der Waals surface area contributed by atoms with Crippen molar-refractivity contribution in [2.24, 2.45) is 0 Å². The summed E-state index contributed by atoms with van der Waals surface area (Å²) in [4.78, 5) is 16.5. The van der Waals surface area contributed by atoms with E-state index in [1.54, 1.807) is 29.2 Å². The highest BCUT2D eigenvalue weighted by atomic mass is 32.1. The molecule has 0 radical (unpaired) electrons. The normalized spacial score (nSPS) is 11.7. The van der Waals surface area contributed by atoms with E-state index in [4.69, 9.17) is 0 Å². The monoisotopic (exact) mass is 394 g/mol. The summed E-state index contributed by atoms with van der Waals surface area (Å²) in [5.41, 5.74) is 2.42. The summed E-state index contributed by atoms with van der Waals surface area (Å²) in [6.45, 7) is 4.08. The second-order valence-electron chi connectivity index (χ2n) is 7.25. The van der Waals surface area contributed by atoms with Crippen LogP contribution in [0.1, 0.15) is 25.8 Å². The Kier molecular flexibility index (Phi) is 4.68. The van der Waals surface area contributed by atoms with Gasteiger partial charge in [-0.3, -0.25) is 4.79 Å². The van der Waals surface area contributed by atoms with E-state index in [0.29, 0.717) is 11.6 Å². The first kappa shape index (κ1) is 18.3. The highest BCUT2D eigenvalue weighted by Crippen LogP contribution is 2.31. The van der Waals surface area contributed by atoms with Crippen molar-refractivity contribution in [3.8, 4) is 5.69 Å². The van der Waals surface area contributed by atoms with E-state index in [-0.39, 0.29) is 17.1 Å². The van der Waals surface area contributed by atoms with Crippen molar-refractivity contribution in [1.82, 2.24) is 14.8 Å². The Morgan fingerprint density at radius 3 is 2.71 bits per heavy atom. The lowest BCUT2D eigenvalue weighted by atomic mass is 9.81. The Hall–Kier alpha value is -3.06. The fraction of sp³-hybridized carbons (Fsp3) is 0.190. The molecule has 0 fully saturated rings. The van der Waals surface area contributed by atoms with Gasteiger partial charge >= 0.3 is 0 Å². The van der Waals surface area contributed by atoms with Crippen molar-refractivity contribution >= 4 is 33.3 Å². The second kappa shape index (κ2) is 7.16. The smallest absolute Gasteiger partial charge is 0.227 e. The predicted octanol–water partition coefficient (Wildman–Crippen LogP) is 4.93. The average molecular weight is 394 g/mol. The van der Waals surface area contributed by atoms with Gasteiger partial charge in [0.1, 0.15) is 5.82 Å². The number of hydrogen-bond donors (Lipinski definition) is 1. The largest absolute Gasteiger partial charge is 0.302 e. The predicted molar refractivity (Wildman–Crippen MR) is 109 cm³/mol. The third kappa shape index (κ3) is 3.66. The summed E-state index contributed by atoms with van der Waals surface area (Å²) < 4.78 is 15.0. The van der Waals surface area contributed by atoms with Crippen LogP contribution in [0.25, 0.3) is 16.6 Å². The molecule has 2 heterocycles. The van der Waals surface area contributed by atoms with Crippen LogP contribution >= 0.6 is 11.3 Å². The van der Waals surface area contributed by atoms with Crippen molar-refractivity contribution in [2.75, 3.05) is 5.32 Å². The van der Waals surface area contributed by atoms with Gasteiger partial charge in [-0.25, -0.2) is 14.1 Å². The quantitative estimate of drug-likeness (QED) is 0.522. The maximum Gasteiger partial charge on any atom is 0.227 e. The van der Waals surface area contributed by atoms with Gasteiger partial charge in [0.25, 0.3) is 0 Å². The molecule has 0 saturated carbocycles. The minimum Gasteiger partial charge on any atom is -0.302 e. The number of hydrogen-bond acceptors (Lipinski definition) is 4. The van der Waals surface area contributed by atoms with Gasteiger partial charge < -0.3 is 5.32 Å². The zero-order valence-corrected chi connectivity index (χ0v) is 16.3. The van der Waals surface area contributed by atoms with E-state index < -0.39 is 0 Å². The molecule has 0 aliphatic rings. The van der Waals surface area contributed by atoms with Crippen LogP contribution in [-0.4, -0.2) is 20.7 Å². The molecule has 28 heavy (non-hydrogen) atoms. The number of benzene rings is 2. The van der Waals surface area contributed by atoms with Crippen LogP contribution in [0, 0.1) is 5.82 Å². The van der Waals surface area contributed by atoms with Crippen molar-refractivity contribution in [1.29, 1.82) is 0 Å². The summed E-state index contributed by atoms with van der Waals surface area (Å²) in [7, 11) is 0. The number of amides is 1. The lowest BCUT2D eigenvalue weighted by Crippen LogP contribution is -2.25. The van der Waals surface area contributed by atoms with E-state index in [1.165, 1.54) is 23.5 Å². The fourth-order valence-corrected chi connectivity index (χ4v) is 3.74. The molecule has 2 aromatic carbocycles. The number of thiazole rings is 1. The molecule has 1 amide bonds. The average Bonchev–Trinajstić information content (AvgIpc) is 3.31. The number of fused-ring (bicyclic) bond motifs is 1. The first-order chi connectivity index (χ1) is 13.4. The number of carbonyl (C=O) groups excluding carboxylic acids is 1. The molecule has 0 saturated heterocycles. The molecule has 7 heteroatoms. The molecule has 2 aromatic heterocycles. The minimum atomic E-state index is -0.354. The second-order valence-corrected chi connectivity index (χ2v) is 8.15. The lowest BCUT2D eigenvalue weighted by Gasteiger charge is -2.24. The Bertz CT molecular complexity index is 1120. The molecule has 0 bridgehead atoms. The standard InChI is InChI=1S/C21H19FN4OS/c1-21(2,12-19(27)25-20-23-9-10-28-20)15-3-8-18-14(11-15)13-24-26(18)17-6-4-16(22)5-7-17/h3-11,13H,12H2,1-2H3,(H,23,25,27). The summed E-state index contributed by atoms with van der Waals surface area (Å²) in [6, 6.07) is 12.3. The first-order valence-electron chi connectivity index (χ1n) is 8.86. The zero-order valence-electron chi connectivity index (χ0n) is 15.5. The number of nitrogens with one attached hydrogen (secondary N) is 1. The zero-order chi connectivity index (χ0) is 19.7. The van der Waals surface area contributed by atoms with Crippen LogP contribution in [0.4, 0.5) is 9.52 Å². The fourth-order valence-electron chi connectivity index (χ4n) is 3.19. The molecular weight excluding hydrogens is 375 g/mol. The first-order valence-corrected chi connectivity index (χ1v) is 9.74. The van der Waals surface area contributed by atoms with E-state index >= 15 is 0 Å². The van der Waals surface area contributed by atoms with Crippen LogP contribution in [0.5, 0.6) is 0 Å². The summed E-state index contributed by atoms with van der Waals surface area (Å²) in [5.74, 6) is -0.345. The summed E-state index contributed by atoms with van der Waals surface area (Å²) >= 11 is 1.40. The number of rotatable bonds is 5. The number of aromatic nitrogens is 3. The molecule has 4 aromatic rings. The lowest BCUT2D eigenvalue weighted by molar-refractivity contribution is -0.117. The van der Waals surface area contributed by atoms with Gasteiger partial charge in [0.2, 0.25) is 5.91 Å². The molecule has 142 valence electrons. The van der Waals surface area contributed by atoms with E-state index in [0.717, 1.165) is 22.2 Å². The summed E-state index contributed by atoms with van der Waals surface area (Å²) in [5, 5.41) is 10.7. The Morgan fingerprint density at radius 1 is 1.21 bits per heavy atom. The van der Waals surface area contributed by atoms with Gasteiger partial charge in [-0.15, -0.1) is 11.3 Å². The number of anilines is 1. The molecule has 0 aliphatic heterocycles. The maximum atomic E-state index is 13.2. The van der Waals surface area contributed by atoms with Crippen molar-refractivity contribution in [3.05, 3.63) is 71.6 Å². The molecule has 0 atom stereocenters. The van der Waals surface area contributed by atoms with Crippen LogP contribution in [0.15, 0.2) is 60.2 Å². The summed E-state index contributed by atoms with van der Waals surface area (Å²) in [6.07, 6.45) is 3.79. The third-order valence-electron chi connectivity index (χ3n) is 4.70. The molecule has 0 unspecified atom stereocenters. The Balaban J connectivity index is 1.58. The molecule has 5 nitrogen and oxygen atoms in total. The number of nitrogens with zero attached hydrogens (tertiary/aromatic N) is 3. The van der Waals surface area contributed by atoms with Gasteiger partial charge in [-0.1, -0.05) is 19.9 Å². The minimum absolute atomic E-state index is 0.0675. The number of halogens is 1. The van der Waals surface area contributed by atoms with Crippen molar-refractivity contribution in [2.45, 2.75) is 25.7 Å². The highest BCUT2D eigenvalue weighted by molar-refractivity contribution is 7.13. The van der Waals surface area contributed by atoms with Crippen LogP contribution < -0.4 is 5.32 Å². The molecule has 4 rings (SSSR count). The molecule has 0 aliphatic carbocycles. The van der Waals surface area contributed by atoms with Crippen LogP contribution in [0.3, 0.4) is 0 Å². The molecule has 1 N–H and O–H groups in total. The van der Waals surface area contributed by atoms with Gasteiger partial charge in [0.05, 0.1) is 17.4 Å². The Morgan fingerprint density at radius 2 is 2.00 bits per heavy atom. The third-order valence-corrected chi connectivity index (χ3v) is 5.39. The number of carbonyl (C=O) groups is 1. The highest BCUT2D eigenvalue weighted by Gasteiger charge is 2.25. The molecule has 0 spiro atoms. The SMILES string of the molecule is CC(C)(CC(=O)Nc1nccs1)c1ccc2c(cnn2-c2ccc(F)cc2)c1. The van der Waals surface area contributed by atoms with Gasteiger partial charge in [-0.2, -0.15) is 5.10 Å². The molecular formula is C21H19FN4OS. The van der Waals surface area contributed by atoms with Gasteiger partial charge in [0, 0.05) is 23.4 Å². The van der Waals surface area contributed by atoms with Crippen LogP contribution in [0.2, 0.25) is 0 Å². The van der Waals surface area contributed by atoms with E-state index in [9.17, 15) is 9.18 Å². The van der Waals surface area contributed by atoms with E-state index in [2.05, 4.69) is 21.5 Å². The van der Waals surface area contributed by atoms with Gasteiger partial charge in [-0.05, 0) is 47.4 Å². The van der Waals surface area contributed by atoms with Crippen molar-refractivity contribution < 1.29 is 9.18 Å². The van der Waals surface area contributed by atoms with E-state index in [1.807, 2.05) is 31.4 Å². The topological polar surface area (TPSA) is 59.8 Å².